The Bertz CT molecular complexity index is 439. The summed E-state index contributed by atoms with van der Waals surface area (Å²) in [5.41, 5.74) is 5.64. The zero-order chi connectivity index (χ0) is 14.1. The van der Waals surface area contributed by atoms with Crippen LogP contribution in [0.1, 0.15) is 48.6 Å². The number of benzene rings is 1. The number of carbonyl (C=O) groups excluding carboxylic acids is 1. The fourth-order valence-corrected chi connectivity index (χ4v) is 1.87. The molecule has 1 aromatic rings. The second-order valence-electron chi connectivity index (χ2n) is 6.07. The molecule has 2 nitrogen and oxygen atoms in total. The Labute approximate surface area is 110 Å². The van der Waals surface area contributed by atoms with Crippen LogP contribution in [0.4, 0.5) is 0 Å². The quantitative estimate of drug-likeness (QED) is 0.739. The minimum atomic E-state index is -0.444. The van der Waals surface area contributed by atoms with E-state index in [1.807, 2.05) is 20.8 Å². The van der Waals surface area contributed by atoms with Gasteiger partial charge < -0.3 is 4.74 Å². The van der Waals surface area contributed by atoms with Crippen LogP contribution in [0.15, 0.2) is 6.07 Å². The highest BCUT2D eigenvalue weighted by molar-refractivity contribution is 5.75. The lowest BCUT2D eigenvalue weighted by molar-refractivity contribution is -0.154. The van der Waals surface area contributed by atoms with Crippen LogP contribution in [0.25, 0.3) is 0 Å². The predicted molar refractivity (Wildman–Crippen MR) is 74.6 cm³/mol. The second kappa shape index (κ2) is 5.13. The summed E-state index contributed by atoms with van der Waals surface area (Å²) in [5.74, 6) is -0.152. The zero-order valence-corrected chi connectivity index (χ0v) is 12.6. The van der Waals surface area contributed by atoms with Crippen LogP contribution < -0.4 is 0 Å². The van der Waals surface area contributed by atoms with Gasteiger partial charge in [0.15, 0.2) is 0 Å². The molecule has 0 N–H and O–H groups in total. The number of ether oxygens (including phenoxy) is 1. The molecule has 1 rings (SSSR count). The maximum Gasteiger partial charge on any atom is 0.311 e. The van der Waals surface area contributed by atoms with Crippen LogP contribution in [0, 0.1) is 33.1 Å². The van der Waals surface area contributed by atoms with E-state index in [0.717, 1.165) is 5.56 Å². The van der Waals surface area contributed by atoms with Gasteiger partial charge in [0, 0.05) is 0 Å². The number of esters is 1. The number of carbonyl (C=O) groups is 1. The molecule has 0 radical (unpaired) electrons. The normalized spacial score (nSPS) is 11.5. The molecule has 0 fully saturated rings. The van der Waals surface area contributed by atoms with E-state index in [2.05, 4.69) is 33.8 Å². The number of hydrogen-bond donors (Lipinski definition) is 0. The van der Waals surface area contributed by atoms with Gasteiger partial charge in [-0.3, -0.25) is 4.79 Å². The molecule has 0 unspecified atom stereocenters. The molecule has 1 aromatic carbocycles. The minimum Gasteiger partial charge on any atom is -0.460 e. The average molecular weight is 248 g/mol. The van der Waals surface area contributed by atoms with E-state index in [4.69, 9.17) is 4.74 Å². The molecule has 18 heavy (non-hydrogen) atoms. The van der Waals surface area contributed by atoms with Crippen LogP contribution in [0.2, 0.25) is 0 Å². The lowest BCUT2D eigenvalue weighted by Crippen LogP contribution is -2.23. The van der Waals surface area contributed by atoms with Gasteiger partial charge in [0.1, 0.15) is 6.61 Å². The summed E-state index contributed by atoms with van der Waals surface area (Å²) < 4.78 is 5.43. The molecular weight excluding hydrogens is 224 g/mol. The van der Waals surface area contributed by atoms with E-state index in [1.54, 1.807) is 0 Å². The molecule has 0 aliphatic heterocycles. The fraction of sp³-hybridized carbons (Fsp3) is 0.562. The van der Waals surface area contributed by atoms with Crippen molar-refractivity contribution in [3.8, 4) is 0 Å². The molecule has 0 heterocycles. The van der Waals surface area contributed by atoms with Crippen molar-refractivity contribution in [1.82, 2.24) is 0 Å². The largest absolute Gasteiger partial charge is 0.460 e. The van der Waals surface area contributed by atoms with Gasteiger partial charge in [0.25, 0.3) is 0 Å². The van der Waals surface area contributed by atoms with Crippen molar-refractivity contribution < 1.29 is 9.53 Å². The van der Waals surface area contributed by atoms with E-state index in [1.165, 1.54) is 22.3 Å². The Balaban J connectivity index is 2.96. The van der Waals surface area contributed by atoms with Crippen molar-refractivity contribution in [1.29, 1.82) is 0 Å². The van der Waals surface area contributed by atoms with E-state index >= 15 is 0 Å². The highest BCUT2D eigenvalue weighted by Gasteiger charge is 2.23. The van der Waals surface area contributed by atoms with Crippen LogP contribution in [0.3, 0.4) is 0 Å². The Morgan fingerprint density at radius 2 is 1.50 bits per heavy atom. The first-order valence-corrected chi connectivity index (χ1v) is 6.38. The van der Waals surface area contributed by atoms with Crippen LogP contribution in [-0.4, -0.2) is 5.97 Å². The Morgan fingerprint density at radius 1 is 1.06 bits per heavy atom. The molecular formula is C16H24O2. The molecule has 0 bridgehead atoms. The van der Waals surface area contributed by atoms with Crippen molar-refractivity contribution in [3.05, 3.63) is 33.9 Å². The van der Waals surface area contributed by atoms with Crippen LogP contribution in [0.5, 0.6) is 0 Å². The topological polar surface area (TPSA) is 26.3 Å². The third-order valence-electron chi connectivity index (χ3n) is 3.48. The van der Waals surface area contributed by atoms with E-state index in [9.17, 15) is 4.79 Å². The summed E-state index contributed by atoms with van der Waals surface area (Å²) in [7, 11) is 0. The summed E-state index contributed by atoms with van der Waals surface area (Å²) in [4.78, 5) is 11.8. The number of aryl methyl sites for hydroxylation is 2. The fourth-order valence-electron chi connectivity index (χ4n) is 1.87. The molecule has 0 aliphatic rings. The molecule has 0 saturated carbocycles. The SMILES string of the molecule is Cc1cc(C)c(C)c(COC(=O)C(C)(C)C)c1C. The van der Waals surface area contributed by atoms with Crippen molar-refractivity contribution in [3.63, 3.8) is 0 Å². The van der Waals surface area contributed by atoms with Gasteiger partial charge in [-0.25, -0.2) is 0 Å². The summed E-state index contributed by atoms with van der Waals surface area (Å²) in [6.45, 7) is 14.3. The van der Waals surface area contributed by atoms with Crippen LogP contribution in [-0.2, 0) is 16.1 Å². The number of hydrogen-bond acceptors (Lipinski definition) is 2. The molecule has 0 spiro atoms. The average Bonchev–Trinajstić information content (AvgIpc) is 2.25. The van der Waals surface area contributed by atoms with Crippen molar-refractivity contribution in [2.24, 2.45) is 5.41 Å². The smallest absolute Gasteiger partial charge is 0.311 e. The highest BCUT2D eigenvalue weighted by Crippen LogP contribution is 2.24. The Hall–Kier alpha value is -1.31. The maximum absolute atomic E-state index is 11.8. The second-order valence-corrected chi connectivity index (χ2v) is 6.07. The van der Waals surface area contributed by atoms with Crippen molar-refractivity contribution in [2.75, 3.05) is 0 Å². The molecule has 100 valence electrons. The van der Waals surface area contributed by atoms with Gasteiger partial charge in [0.05, 0.1) is 5.41 Å². The minimum absolute atomic E-state index is 0.152. The Morgan fingerprint density at radius 3 is 1.89 bits per heavy atom. The molecule has 0 amide bonds. The van der Waals surface area contributed by atoms with Gasteiger partial charge in [-0.15, -0.1) is 0 Å². The molecule has 0 saturated heterocycles. The van der Waals surface area contributed by atoms with E-state index < -0.39 is 5.41 Å². The zero-order valence-electron chi connectivity index (χ0n) is 12.6. The highest BCUT2D eigenvalue weighted by atomic mass is 16.5. The van der Waals surface area contributed by atoms with Gasteiger partial charge in [0.2, 0.25) is 0 Å². The van der Waals surface area contributed by atoms with Gasteiger partial charge in [-0.1, -0.05) is 6.07 Å². The molecule has 2 heteroatoms. The standard InChI is InChI=1S/C16H24O2/c1-10-8-11(2)13(4)14(12(10)3)9-18-15(17)16(5,6)7/h8H,9H2,1-7H3. The predicted octanol–water partition coefficient (Wildman–Crippen LogP) is 4.01. The Kier molecular flexibility index (Phi) is 4.20. The van der Waals surface area contributed by atoms with Gasteiger partial charge in [-0.2, -0.15) is 0 Å². The first-order chi connectivity index (χ1) is 8.14. The molecule has 0 aliphatic carbocycles. The van der Waals surface area contributed by atoms with Gasteiger partial charge in [-0.05, 0) is 76.3 Å². The lowest BCUT2D eigenvalue weighted by Gasteiger charge is -2.19. The number of rotatable bonds is 2. The summed E-state index contributed by atoms with van der Waals surface area (Å²) in [6, 6.07) is 2.18. The lowest BCUT2D eigenvalue weighted by atomic mass is 9.94. The first kappa shape index (κ1) is 14.7. The molecule has 0 atom stereocenters. The summed E-state index contributed by atoms with van der Waals surface area (Å²) in [5, 5.41) is 0. The molecule has 0 aromatic heterocycles. The first-order valence-electron chi connectivity index (χ1n) is 6.38. The maximum atomic E-state index is 11.8. The third-order valence-corrected chi connectivity index (χ3v) is 3.48. The van der Waals surface area contributed by atoms with E-state index in [0.29, 0.717) is 6.61 Å². The third kappa shape index (κ3) is 3.12. The van der Waals surface area contributed by atoms with Crippen molar-refractivity contribution in [2.45, 2.75) is 55.1 Å². The van der Waals surface area contributed by atoms with Crippen LogP contribution >= 0.6 is 0 Å². The summed E-state index contributed by atoms with van der Waals surface area (Å²) in [6.07, 6.45) is 0. The summed E-state index contributed by atoms with van der Waals surface area (Å²) >= 11 is 0. The monoisotopic (exact) mass is 248 g/mol. The van der Waals surface area contributed by atoms with Gasteiger partial charge >= 0.3 is 5.97 Å². The van der Waals surface area contributed by atoms with E-state index in [-0.39, 0.29) is 5.97 Å². The van der Waals surface area contributed by atoms with Crippen molar-refractivity contribution >= 4 is 5.97 Å².